The molecule has 32 heavy (non-hydrogen) atoms. The van der Waals surface area contributed by atoms with Crippen LogP contribution in [0.5, 0.6) is 11.5 Å². The maximum atomic E-state index is 6.00. The smallest absolute Gasteiger partial charge is 0.216 e. The Bertz CT molecular complexity index is 1320. The van der Waals surface area contributed by atoms with Crippen molar-refractivity contribution in [2.24, 2.45) is 5.10 Å². The highest BCUT2D eigenvalue weighted by atomic mass is 32.1. The lowest BCUT2D eigenvalue weighted by molar-refractivity contribution is 0.284. The summed E-state index contributed by atoms with van der Waals surface area (Å²) in [4.78, 5) is 0. The second-order valence-electron chi connectivity index (χ2n) is 7.48. The number of hydrogen-bond donors (Lipinski definition) is 2. The van der Waals surface area contributed by atoms with Crippen molar-refractivity contribution >= 4 is 18.4 Å². The molecule has 0 saturated heterocycles. The molecule has 0 atom stereocenters. The van der Waals surface area contributed by atoms with Crippen LogP contribution in [0.2, 0.25) is 0 Å². The van der Waals surface area contributed by atoms with E-state index < -0.39 is 0 Å². The van der Waals surface area contributed by atoms with Crippen molar-refractivity contribution in [3.8, 4) is 23.0 Å². The number of hydrogen-bond acceptors (Lipinski definition) is 6. The zero-order valence-corrected chi connectivity index (χ0v) is 18.4. The lowest BCUT2D eigenvalue weighted by Crippen LogP contribution is -1.99. The maximum Gasteiger partial charge on any atom is 0.216 e. The van der Waals surface area contributed by atoms with Gasteiger partial charge in [0.05, 0.1) is 13.3 Å². The molecule has 4 aromatic rings. The van der Waals surface area contributed by atoms with E-state index in [4.69, 9.17) is 21.7 Å². The molecule has 162 valence electrons. The van der Waals surface area contributed by atoms with Crippen molar-refractivity contribution in [1.82, 2.24) is 25.1 Å². The zero-order chi connectivity index (χ0) is 21.9. The Hall–Kier alpha value is -3.72. The third kappa shape index (κ3) is 3.94. The van der Waals surface area contributed by atoms with Crippen LogP contribution in [0.3, 0.4) is 0 Å². The highest BCUT2D eigenvalue weighted by Crippen LogP contribution is 2.30. The second-order valence-corrected chi connectivity index (χ2v) is 7.86. The molecule has 0 bridgehead atoms. The van der Waals surface area contributed by atoms with Crippen LogP contribution in [0, 0.1) is 4.77 Å². The SMILES string of the molecule is COc1ccc(/C=N/n2c(-c3n[nH]c4c3CCC4)n[nH]c2=S)cc1OCc1ccccc1. The number of methoxy groups -OCH3 is 1. The van der Waals surface area contributed by atoms with Crippen LogP contribution in [0.15, 0.2) is 53.6 Å². The molecule has 2 heterocycles. The summed E-state index contributed by atoms with van der Waals surface area (Å²) >= 11 is 5.40. The minimum Gasteiger partial charge on any atom is -0.493 e. The molecule has 0 saturated carbocycles. The van der Waals surface area contributed by atoms with Gasteiger partial charge in [-0.25, -0.2) is 5.10 Å². The maximum absolute atomic E-state index is 6.00. The lowest BCUT2D eigenvalue weighted by atomic mass is 10.2. The molecule has 1 aliphatic rings. The number of fused-ring (bicyclic) bond motifs is 1. The molecule has 2 N–H and O–H groups in total. The zero-order valence-electron chi connectivity index (χ0n) is 17.5. The Morgan fingerprint density at radius 3 is 2.81 bits per heavy atom. The first-order valence-corrected chi connectivity index (χ1v) is 10.8. The van der Waals surface area contributed by atoms with Crippen molar-refractivity contribution in [3.05, 3.63) is 75.7 Å². The van der Waals surface area contributed by atoms with Gasteiger partial charge in [0.15, 0.2) is 11.5 Å². The third-order valence-corrected chi connectivity index (χ3v) is 5.68. The van der Waals surface area contributed by atoms with Crippen LogP contribution in [0.25, 0.3) is 11.5 Å². The summed E-state index contributed by atoms with van der Waals surface area (Å²) in [5.74, 6) is 1.90. The van der Waals surface area contributed by atoms with Crippen molar-refractivity contribution in [2.75, 3.05) is 7.11 Å². The van der Waals surface area contributed by atoms with E-state index in [1.165, 1.54) is 11.3 Å². The Balaban J connectivity index is 1.41. The van der Waals surface area contributed by atoms with Crippen molar-refractivity contribution < 1.29 is 9.47 Å². The Kier molecular flexibility index (Phi) is 5.55. The number of aromatic nitrogens is 5. The van der Waals surface area contributed by atoms with E-state index in [0.717, 1.165) is 36.1 Å². The van der Waals surface area contributed by atoms with E-state index in [2.05, 4.69) is 25.5 Å². The molecule has 0 spiro atoms. The molecule has 0 unspecified atom stereocenters. The van der Waals surface area contributed by atoms with E-state index >= 15 is 0 Å². The first-order chi connectivity index (χ1) is 15.7. The number of H-pyrrole nitrogens is 2. The van der Waals surface area contributed by atoms with Gasteiger partial charge in [0.2, 0.25) is 10.6 Å². The first kappa shape index (κ1) is 20.2. The number of ether oxygens (including phenoxy) is 2. The quantitative estimate of drug-likeness (QED) is 0.326. The van der Waals surface area contributed by atoms with Gasteiger partial charge >= 0.3 is 0 Å². The van der Waals surface area contributed by atoms with Gasteiger partial charge in [-0.1, -0.05) is 30.3 Å². The van der Waals surface area contributed by atoms with E-state index in [1.807, 2.05) is 48.5 Å². The van der Waals surface area contributed by atoms with Gasteiger partial charge in [-0.3, -0.25) is 5.10 Å². The minimum absolute atomic E-state index is 0.403. The van der Waals surface area contributed by atoms with Gasteiger partial charge in [-0.05, 0) is 60.8 Å². The Morgan fingerprint density at radius 1 is 1.09 bits per heavy atom. The monoisotopic (exact) mass is 446 g/mol. The predicted octanol–water partition coefficient (Wildman–Crippen LogP) is 4.29. The van der Waals surface area contributed by atoms with Gasteiger partial charge in [0.25, 0.3) is 0 Å². The fourth-order valence-corrected chi connectivity index (χ4v) is 3.98. The fourth-order valence-electron chi connectivity index (χ4n) is 3.80. The van der Waals surface area contributed by atoms with Gasteiger partial charge in [0.1, 0.15) is 12.3 Å². The molecule has 8 nitrogen and oxygen atoms in total. The minimum atomic E-state index is 0.403. The summed E-state index contributed by atoms with van der Waals surface area (Å²) in [7, 11) is 1.62. The first-order valence-electron chi connectivity index (χ1n) is 10.4. The molecule has 0 aliphatic heterocycles. The van der Waals surface area contributed by atoms with Gasteiger partial charge in [0, 0.05) is 11.3 Å². The Morgan fingerprint density at radius 2 is 1.97 bits per heavy atom. The van der Waals surface area contributed by atoms with E-state index in [-0.39, 0.29) is 0 Å². The largest absolute Gasteiger partial charge is 0.493 e. The predicted molar refractivity (Wildman–Crippen MR) is 124 cm³/mol. The van der Waals surface area contributed by atoms with Gasteiger partial charge in [-0.2, -0.15) is 20.0 Å². The van der Waals surface area contributed by atoms with Crippen LogP contribution in [-0.2, 0) is 19.4 Å². The standard InChI is InChI=1S/C23H22N6O2S/c1-30-19-11-10-16(12-20(19)31-14-15-6-3-2-4-7-15)13-24-29-22(27-28-23(29)32)21-17-8-5-9-18(17)25-26-21/h2-4,6-7,10-13H,5,8-9,14H2,1H3,(H,25,26)(H,28,32)/b24-13+. The van der Waals surface area contributed by atoms with Crippen molar-refractivity contribution in [2.45, 2.75) is 25.9 Å². The third-order valence-electron chi connectivity index (χ3n) is 5.42. The molecule has 0 radical (unpaired) electrons. The molecule has 0 fully saturated rings. The fraction of sp³-hybridized carbons (Fsp3) is 0.217. The van der Waals surface area contributed by atoms with Crippen LogP contribution in [0.1, 0.15) is 28.8 Å². The van der Waals surface area contributed by atoms with E-state index in [9.17, 15) is 0 Å². The summed E-state index contributed by atoms with van der Waals surface area (Å²) in [6, 6.07) is 15.6. The van der Waals surface area contributed by atoms with Gasteiger partial charge in [-0.15, -0.1) is 0 Å². The normalized spacial score (nSPS) is 12.9. The summed E-state index contributed by atoms with van der Waals surface area (Å²) < 4.78 is 13.5. The van der Waals surface area contributed by atoms with Crippen LogP contribution >= 0.6 is 12.2 Å². The van der Waals surface area contributed by atoms with Crippen LogP contribution in [0.4, 0.5) is 0 Å². The van der Waals surface area contributed by atoms with E-state index in [0.29, 0.717) is 28.7 Å². The molecule has 5 rings (SSSR count). The van der Waals surface area contributed by atoms with Crippen molar-refractivity contribution in [3.63, 3.8) is 0 Å². The molecule has 1 aliphatic carbocycles. The summed E-state index contributed by atoms with van der Waals surface area (Å²) in [5.41, 5.74) is 5.07. The molecule has 2 aromatic carbocycles. The molecular formula is C23H22N6O2S. The lowest BCUT2D eigenvalue weighted by Gasteiger charge is -2.11. The molecule has 0 amide bonds. The number of nitrogens with zero attached hydrogens (tertiary/aromatic N) is 4. The topological polar surface area (TPSA) is 93.1 Å². The van der Waals surface area contributed by atoms with Crippen LogP contribution < -0.4 is 9.47 Å². The second kappa shape index (κ2) is 8.80. The number of aryl methyl sites for hydroxylation is 1. The molecule has 9 heteroatoms. The van der Waals surface area contributed by atoms with Gasteiger partial charge < -0.3 is 9.47 Å². The highest BCUT2D eigenvalue weighted by molar-refractivity contribution is 7.71. The summed E-state index contributed by atoms with van der Waals surface area (Å²) in [5, 5.41) is 19.3. The molecule has 2 aromatic heterocycles. The number of benzene rings is 2. The average molecular weight is 447 g/mol. The van der Waals surface area contributed by atoms with Crippen LogP contribution in [-0.4, -0.2) is 38.4 Å². The van der Waals surface area contributed by atoms with E-state index in [1.54, 1.807) is 18.0 Å². The highest BCUT2D eigenvalue weighted by Gasteiger charge is 2.23. The summed E-state index contributed by atoms with van der Waals surface area (Å²) in [6.45, 7) is 0.443. The Labute approximate surface area is 189 Å². The summed E-state index contributed by atoms with van der Waals surface area (Å²) in [6.07, 6.45) is 4.82. The molecular weight excluding hydrogens is 424 g/mol. The number of rotatable bonds is 7. The average Bonchev–Trinajstić information content (AvgIpc) is 3.53. The number of aromatic amines is 2. The number of nitrogens with one attached hydrogen (secondary N) is 2. The van der Waals surface area contributed by atoms with Crippen molar-refractivity contribution in [1.29, 1.82) is 0 Å².